The van der Waals surface area contributed by atoms with Crippen LogP contribution in [0.2, 0.25) is 0 Å². The number of halogens is 1. The van der Waals surface area contributed by atoms with Crippen molar-refractivity contribution in [2.24, 2.45) is 0 Å². The average Bonchev–Trinajstić information content (AvgIpc) is 2.47. The molecule has 0 unspecified atom stereocenters. The predicted octanol–water partition coefficient (Wildman–Crippen LogP) is 3.65. The Morgan fingerprint density at radius 2 is 1.90 bits per heavy atom. The summed E-state index contributed by atoms with van der Waals surface area (Å²) in [6.07, 6.45) is 0. The van der Waals surface area contributed by atoms with E-state index in [4.69, 9.17) is 4.42 Å². The molecule has 0 saturated heterocycles. The van der Waals surface area contributed by atoms with Crippen molar-refractivity contribution in [1.29, 1.82) is 0 Å². The van der Waals surface area contributed by atoms with Gasteiger partial charge in [0.15, 0.2) is 0 Å². The molecule has 4 nitrogen and oxygen atoms in total. The Bertz CT molecular complexity index is 886. The summed E-state index contributed by atoms with van der Waals surface area (Å²) < 4.78 is 6.05. The smallest absolute Gasteiger partial charge is 0.336 e. The normalized spacial score (nSPS) is 10.5. The van der Waals surface area contributed by atoms with Crippen LogP contribution in [0.1, 0.15) is 10.4 Å². The minimum atomic E-state index is -0.391. The highest BCUT2D eigenvalue weighted by Crippen LogP contribution is 2.18. The van der Waals surface area contributed by atoms with Gasteiger partial charge in [-0.15, -0.1) is 0 Å². The monoisotopic (exact) mass is 391 g/mol. The van der Waals surface area contributed by atoms with Gasteiger partial charge in [0, 0.05) is 26.3 Å². The fourth-order valence-electron chi connectivity index (χ4n) is 1.98. The molecule has 0 spiro atoms. The molecule has 0 saturated carbocycles. The van der Waals surface area contributed by atoms with Crippen molar-refractivity contribution in [3.8, 4) is 0 Å². The van der Waals surface area contributed by atoms with Gasteiger partial charge in [-0.25, -0.2) is 4.79 Å². The number of amides is 1. The lowest BCUT2D eigenvalue weighted by molar-refractivity contribution is 0.102. The summed E-state index contributed by atoms with van der Waals surface area (Å²) in [5.41, 5.74) is 1.36. The zero-order valence-electron chi connectivity index (χ0n) is 10.8. The molecule has 0 radical (unpaired) electrons. The van der Waals surface area contributed by atoms with Gasteiger partial charge < -0.3 is 9.73 Å². The van der Waals surface area contributed by atoms with Crippen molar-refractivity contribution in [2.45, 2.75) is 0 Å². The minimum absolute atomic E-state index is 0.176. The fourth-order valence-corrected chi connectivity index (χ4v) is 2.53. The maximum Gasteiger partial charge on any atom is 0.336 e. The summed E-state index contributed by atoms with van der Waals surface area (Å²) >= 11 is 2.16. The standard InChI is InChI=1S/C16H10INO3/c17-12-3-1-2-11(8-12)16(20)18-13-5-6-14-10(9-13)4-7-15(19)21-14/h1-9H,(H,18,20). The van der Waals surface area contributed by atoms with Crippen LogP contribution in [-0.2, 0) is 0 Å². The van der Waals surface area contributed by atoms with Crippen LogP contribution in [0.15, 0.2) is 63.8 Å². The molecule has 0 atom stereocenters. The number of carbonyl (C=O) groups is 1. The first-order valence-corrected chi connectivity index (χ1v) is 7.30. The molecule has 1 N–H and O–H groups in total. The molecule has 0 fully saturated rings. The quantitative estimate of drug-likeness (QED) is 0.536. The van der Waals surface area contributed by atoms with E-state index in [1.807, 2.05) is 18.2 Å². The topological polar surface area (TPSA) is 59.3 Å². The molecule has 0 aliphatic rings. The molecule has 3 rings (SSSR count). The third kappa shape index (κ3) is 3.13. The number of hydrogen-bond donors (Lipinski definition) is 1. The van der Waals surface area contributed by atoms with Crippen molar-refractivity contribution in [2.75, 3.05) is 5.32 Å². The van der Waals surface area contributed by atoms with Crippen LogP contribution >= 0.6 is 22.6 Å². The van der Waals surface area contributed by atoms with Crippen molar-refractivity contribution in [3.63, 3.8) is 0 Å². The zero-order chi connectivity index (χ0) is 14.8. The first-order valence-electron chi connectivity index (χ1n) is 6.23. The minimum Gasteiger partial charge on any atom is -0.423 e. The Morgan fingerprint density at radius 1 is 1.05 bits per heavy atom. The van der Waals surface area contributed by atoms with Gasteiger partial charge in [-0.2, -0.15) is 0 Å². The Kier molecular flexibility index (Phi) is 3.74. The second-order valence-corrected chi connectivity index (χ2v) is 5.72. The maximum atomic E-state index is 12.2. The number of carbonyl (C=O) groups excluding carboxylic acids is 1. The predicted molar refractivity (Wildman–Crippen MR) is 89.6 cm³/mol. The third-order valence-electron chi connectivity index (χ3n) is 2.96. The molecule has 1 amide bonds. The largest absolute Gasteiger partial charge is 0.423 e. The second kappa shape index (κ2) is 5.69. The van der Waals surface area contributed by atoms with Crippen LogP contribution in [0.25, 0.3) is 11.0 Å². The average molecular weight is 391 g/mol. The maximum absolute atomic E-state index is 12.2. The van der Waals surface area contributed by atoms with Gasteiger partial charge in [0.25, 0.3) is 5.91 Å². The van der Waals surface area contributed by atoms with E-state index in [9.17, 15) is 9.59 Å². The summed E-state index contributed by atoms with van der Waals surface area (Å²) in [7, 11) is 0. The van der Waals surface area contributed by atoms with Crippen LogP contribution in [0.3, 0.4) is 0 Å². The summed E-state index contributed by atoms with van der Waals surface area (Å²) in [5, 5.41) is 3.59. The Labute approximate surface area is 133 Å². The van der Waals surface area contributed by atoms with E-state index in [0.717, 1.165) is 8.96 Å². The van der Waals surface area contributed by atoms with Crippen LogP contribution in [0.4, 0.5) is 5.69 Å². The van der Waals surface area contributed by atoms with E-state index >= 15 is 0 Å². The van der Waals surface area contributed by atoms with E-state index < -0.39 is 5.63 Å². The molecule has 104 valence electrons. The zero-order valence-corrected chi connectivity index (χ0v) is 13.0. The summed E-state index contributed by atoms with van der Waals surface area (Å²) in [5.74, 6) is -0.176. The summed E-state index contributed by atoms with van der Waals surface area (Å²) in [6.45, 7) is 0. The Hall–Kier alpha value is -2.15. The number of hydrogen-bond acceptors (Lipinski definition) is 3. The van der Waals surface area contributed by atoms with Crippen molar-refractivity contribution < 1.29 is 9.21 Å². The number of fused-ring (bicyclic) bond motifs is 1. The number of benzene rings is 2. The Morgan fingerprint density at radius 3 is 2.71 bits per heavy atom. The lowest BCUT2D eigenvalue weighted by Crippen LogP contribution is -2.11. The highest BCUT2D eigenvalue weighted by molar-refractivity contribution is 14.1. The molecule has 1 heterocycles. The van der Waals surface area contributed by atoms with E-state index in [1.54, 1.807) is 30.3 Å². The summed E-state index contributed by atoms with van der Waals surface area (Å²) in [6, 6.07) is 15.5. The van der Waals surface area contributed by atoms with Gasteiger partial charge in [-0.05, 0) is 65.1 Å². The van der Waals surface area contributed by atoms with Crippen LogP contribution in [0, 0.1) is 3.57 Å². The summed E-state index contributed by atoms with van der Waals surface area (Å²) in [4.78, 5) is 23.3. The van der Waals surface area contributed by atoms with E-state index in [2.05, 4.69) is 27.9 Å². The van der Waals surface area contributed by atoms with Crippen molar-refractivity contribution >= 4 is 45.2 Å². The van der Waals surface area contributed by atoms with Gasteiger partial charge >= 0.3 is 5.63 Å². The first-order chi connectivity index (χ1) is 10.1. The highest BCUT2D eigenvalue weighted by atomic mass is 127. The van der Waals surface area contributed by atoms with Crippen LogP contribution in [-0.4, -0.2) is 5.91 Å². The number of anilines is 1. The molecular weight excluding hydrogens is 381 g/mol. The van der Waals surface area contributed by atoms with Crippen LogP contribution < -0.4 is 10.9 Å². The van der Waals surface area contributed by atoms with Gasteiger partial charge in [-0.1, -0.05) is 6.07 Å². The fraction of sp³-hybridized carbons (Fsp3) is 0. The van der Waals surface area contributed by atoms with E-state index in [-0.39, 0.29) is 5.91 Å². The van der Waals surface area contributed by atoms with Crippen molar-refractivity contribution in [3.05, 3.63) is 74.2 Å². The third-order valence-corrected chi connectivity index (χ3v) is 3.63. The van der Waals surface area contributed by atoms with Gasteiger partial charge in [0.1, 0.15) is 5.58 Å². The first kappa shape index (κ1) is 13.8. The van der Waals surface area contributed by atoms with Crippen molar-refractivity contribution in [1.82, 2.24) is 0 Å². The lowest BCUT2D eigenvalue weighted by atomic mass is 10.2. The van der Waals surface area contributed by atoms with E-state index in [0.29, 0.717) is 16.8 Å². The molecule has 0 aliphatic heterocycles. The lowest BCUT2D eigenvalue weighted by Gasteiger charge is -2.06. The Balaban J connectivity index is 1.89. The molecule has 1 aromatic heterocycles. The molecule has 21 heavy (non-hydrogen) atoms. The highest BCUT2D eigenvalue weighted by Gasteiger charge is 2.07. The SMILES string of the molecule is O=C(Nc1ccc2oc(=O)ccc2c1)c1cccc(I)c1. The second-order valence-electron chi connectivity index (χ2n) is 4.47. The number of rotatable bonds is 2. The molecule has 5 heteroatoms. The van der Waals surface area contributed by atoms with E-state index in [1.165, 1.54) is 6.07 Å². The molecule has 3 aromatic rings. The van der Waals surface area contributed by atoms with Gasteiger partial charge in [0.05, 0.1) is 0 Å². The molecular formula is C16H10INO3. The molecule has 0 aliphatic carbocycles. The van der Waals surface area contributed by atoms with Gasteiger partial charge in [0.2, 0.25) is 0 Å². The number of nitrogens with one attached hydrogen (secondary N) is 1. The van der Waals surface area contributed by atoms with Gasteiger partial charge in [-0.3, -0.25) is 4.79 Å². The molecule has 2 aromatic carbocycles. The van der Waals surface area contributed by atoms with Crippen LogP contribution in [0.5, 0.6) is 0 Å². The molecule has 0 bridgehead atoms.